The molecular formula is C17H19N3O3. The first-order valence-corrected chi connectivity index (χ1v) is 7.28. The highest BCUT2D eigenvalue weighted by molar-refractivity contribution is 6.00. The van der Waals surface area contributed by atoms with Gasteiger partial charge in [0.1, 0.15) is 5.76 Å². The normalized spacial score (nSPS) is 11.1. The van der Waals surface area contributed by atoms with E-state index in [9.17, 15) is 9.59 Å². The number of carbonyl (C=O) groups excluding carboxylic acids is 2. The minimum absolute atomic E-state index is 0.117. The van der Waals surface area contributed by atoms with Crippen LogP contribution in [0.4, 0.5) is 0 Å². The maximum atomic E-state index is 11.8. The van der Waals surface area contributed by atoms with Gasteiger partial charge in [0.2, 0.25) is 11.8 Å². The van der Waals surface area contributed by atoms with Crippen molar-refractivity contribution in [1.29, 1.82) is 0 Å². The van der Waals surface area contributed by atoms with Crippen molar-refractivity contribution in [2.45, 2.75) is 26.3 Å². The summed E-state index contributed by atoms with van der Waals surface area (Å²) in [6.07, 6.45) is 1.92. The first-order chi connectivity index (χ1) is 11.1. The Morgan fingerprint density at radius 2 is 1.87 bits per heavy atom. The van der Waals surface area contributed by atoms with E-state index in [1.54, 1.807) is 25.3 Å². The molecule has 0 saturated carbocycles. The highest BCUT2D eigenvalue weighted by atomic mass is 16.3. The molecule has 0 aliphatic heterocycles. The van der Waals surface area contributed by atoms with Gasteiger partial charge >= 0.3 is 0 Å². The molecule has 2 aromatic rings. The molecular weight excluding hydrogens is 294 g/mol. The standard InChI is InChI=1S/C17H19N3O3/c1-13(10-16(21)18-12-15-8-5-9-23-15)19-20-17(22)11-14-6-3-2-4-7-14/h2-9H,10-12H2,1H3,(H,18,21)(H,20,22)/b19-13-. The van der Waals surface area contributed by atoms with Gasteiger partial charge in [-0.25, -0.2) is 5.43 Å². The van der Waals surface area contributed by atoms with E-state index in [0.29, 0.717) is 18.0 Å². The second-order valence-corrected chi connectivity index (χ2v) is 5.08. The van der Waals surface area contributed by atoms with Crippen LogP contribution in [0.3, 0.4) is 0 Å². The van der Waals surface area contributed by atoms with Gasteiger partial charge < -0.3 is 9.73 Å². The van der Waals surface area contributed by atoms with Crippen LogP contribution in [0.25, 0.3) is 0 Å². The van der Waals surface area contributed by atoms with Crippen LogP contribution in [-0.2, 0) is 22.6 Å². The molecule has 23 heavy (non-hydrogen) atoms. The smallest absolute Gasteiger partial charge is 0.244 e. The molecule has 1 aromatic heterocycles. The molecule has 0 atom stereocenters. The van der Waals surface area contributed by atoms with Gasteiger partial charge in [0, 0.05) is 5.71 Å². The molecule has 120 valence electrons. The third-order valence-electron chi connectivity index (χ3n) is 3.04. The van der Waals surface area contributed by atoms with E-state index in [0.717, 1.165) is 5.56 Å². The molecule has 0 spiro atoms. The van der Waals surface area contributed by atoms with E-state index in [1.165, 1.54) is 0 Å². The molecule has 0 unspecified atom stereocenters. The number of amides is 2. The number of nitrogens with zero attached hydrogens (tertiary/aromatic N) is 1. The molecule has 2 amide bonds. The predicted molar refractivity (Wildman–Crippen MR) is 86.6 cm³/mol. The lowest BCUT2D eigenvalue weighted by atomic mass is 10.1. The fourth-order valence-electron chi connectivity index (χ4n) is 1.91. The van der Waals surface area contributed by atoms with Crippen LogP contribution in [-0.4, -0.2) is 17.5 Å². The monoisotopic (exact) mass is 313 g/mol. The summed E-state index contributed by atoms with van der Waals surface area (Å²) in [4.78, 5) is 23.5. The van der Waals surface area contributed by atoms with Crippen molar-refractivity contribution in [2.75, 3.05) is 0 Å². The number of carbonyl (C=O) groups is 2. The minimum Gasteiger partial charge on any atom is -0.467 e. The van der Waals surface area contributed by atoms with Crippen molar-refractivity contribution in [2.24, 2.45) is 5.10 Å². The molecule has 2 N–H and O–H groups in total. The van der Waals surface area contributed by atoms with Gasteiger partial charge in [-0.2, -0.15) is 5.10 Å². The lowest BCUT2D eigenvalue weighted by molar-refractivity contribution is -0.121. The van der Waals surface area contributed by atoms with Gasteiger partial charge in [-0.3, -0.25) is 9.59 Å². The van der Waals surface area contributed by atoms with Crippen LogP contribution >= 0.6 is 0 Å². The highest BCUT2D eigenvalue weighted by Crippen LogP contribution is 2.00. The number of hydrazone groups is 1. The average Bonchev–Trinajstić information content (AvgIpc) is 3.05. The van der Waals surface area contributed by atoms with Crippen LogP contribution in [0.1, 0.15) is 24.7 Å². The fourth-order valence-corrected chi connectivity index (χ4v) is 1.91. The Bertz CT molecular complexity index is 664. The van der Waals surface area contributed by atoms with E-state index in [2.05, 4.69) is 15.8 Å². The predicted octanol–water partition coefficient (Wildman–Crippen LogP) is 2.02. The zero-order valence-corrected chi connectivity index (χ0v) is 12.9. The molecule has 1 aromatic carbocycles. The summed E-state index contributed by atoms with van der Waals surface area (Å²) in [5.41, 5.74) is 3.90. The van der Waals surface area contributed by atoms with Gasteiger partial charge in [-0.05, 0) is 24.6 Å². The lowest BCUT2D eigenvalue weighted by Gasteiger charge is -2.04. The Morgan fingerprint density at radius 1 is 1.09 bits per heavy atom. The molecule has 2 rings (SSSR count). The highest BCUT2D eigenvalue weighted by Gasteiger charge is 2.06. The largest absolute Gasteiger partial charge is 0.467 e. The Labute approximate surface area is 134 Å². The van der Waals surface area contributed by atoms with Crippen LogP contribution in [0.5, 0.6) is 0 Å². The van der Waals surface area contributed by atoms with Gasteiger partial charge in [0.15, 0.2) is 0 Å². The third-order valence-corrected chi connectivity index (χ3v) is 3.04. The van der Waals surface area contributed by atoms with Crippen molar-refractivity contribution >= 4 is 17.5 Å². The topological polar surface area (TPSA) is 83.7 Å². The number of hydrogen-bond donors (Lipinski definition) is 2. The number of hydrogen-bond acceptors (Lipinski definition) is 4. The van der Waals surface area contributed by atoms with Crippen LogP contribution in [0.2, 0.25) is 0 Å². The second kappa shape index (κ2) is 8.53. The zero-order valence-electron chi connectivity index (χ0n) is 12.9. The zero-order chi connectivity index (χ0) is 16.5. The van der Waals surface area contributed by atoms with Gasteiger partial charge in [0.05, 0.1) is 25.6 Å². The molecule has 0 saturated heterocycles. The Balaban J connectivity index is 1.71. The average molecular weight is 313 g/mol. The summed E-state index contributed by atoms with van der Waals surface area (Å²) in [6.45, 7) is 2.02. The van der Waals surface area contributed by atoms with Crippen molar-refractivity contribution < 1.29 is 14.0 Å². The Kier molecular flexibility index (Phi) is 6.11. The Hall–Kier alpha value is -2.89. The van der Waals surface area contributed by atoms with Crippen LogP contribution in [0, 0.1) is 0 Å². The van der Waals surface area contributed by atoms with E-state index in [-0.39, 0.29) is 24.7 Å². The lowest BCUT2D eigenvalue weighted by Crippen LogP contribution is -2.26. The first kappa shape index (κ1) is 16.5. The molecule has 0 bridgehead atoms. The number of benzene rings is 1. The van der Waals surface area contributed by atoms with Crippen molar-refractivity contribution in [1.82, 2.24) is 10.7 Å². The summed E-state index contributed by atoms with van der Waals surface area (Å²) >= 11 is 0. The summed E-state index contributed by atoms with van der Waals surface area (Å²) in [5, 5.41) is 6.66. The summed E-state index contributed by atoms with van der Waals surface area (Å²) in [6, 6.07) is 12.9. The van der Waals surface area contributed by atoms with E-state index in [1.807, 2.05) is 30.3 Å². The minimum atomic E-state index is -0.216. The first-order valence-electron chi connectivity index (χ1n) is 7.28. The molecule has 0 fully saturated rings. The van der Waals surface area contributed by atoms with Crippen LogP contribution in [0.15, 0.2) is 58.2 Å². The molecule has 1 heterocycles. The van der Waals surface area contributed by atoms with E-state index in [4.69, 9.17) is 4.42 Å². The third kappa shape index (κ3) is 6.17. The van der Waals surface area contributed by atoms with Crippen molar-refractivity contribution in [3.05, 3.63) is 60.1 Å². The van der Waals surface area contributed by atoms with Gasteiger partial charge in [0.25, 0.3) is 0 Å². The number of furan rings is 1. The second-order valence-electron chi connectivity index (χ2n) is 5.08. The molecule has 0 aliphatic carbocycles. The summed E-state index contributed by atoms with van der Waals surface area (Å²) in [5.74, 6) is 0.288. The van der Waals surface area contributed by atoms with Crippen LogP contribution < -0.4 is 10.7 Å². The van der Waals surface area contributed by atoms with Crippen molar-refractivity contribution in [3.63, 3.8) is 0 Å². The molecule has 0 aliphatic rings. The van der Waals surface area contributed by atoms with E-state index < -0.39 is 0 Å². The van der Waals surface area contributed by atoms with Crippen molar-refractivity contribution in [3.8, 4) is 0 Å². The van der Waals surface area contributed by atoms with E-state index >= 15 is 0 Å². The molecule has 0 radical (unpaired) electrons. The number of nitrogens with one attached hydrogen (secondary N) is 2. The number of rotatable bonds is 7. The fraction of sp³-hybridized carbons (Fsp3) is 0.235. The molecule has 6 nitrogen and oxygen atoms in total. The van der Waals surface area contributed by atoms with Gasteiger partial charge in [-0.15, -0.1) is 0 Å². The summed E-state index contributed by atoms with van der Waals surface area (Å²) < 4.78 is 5.12. The quantitative estimate of drug-likeness (QED) is 0.606. The summed E-state index contributed by atoms with van der Waals surface area (Å²) in [7, 11) is 0. The maximum Gasteiger partial charge on any atom is 0.244 e. The molecule has 6 heteroatoms. The van der Waals surface area contributed by atoms with Gasteiger partial charge in [-0.1, -0.05) is 30.3 Å². The maximum absolute atomic E-state index is 11.8. The Morgan fingerprint density at radius 3 is 2.57 bits per heavy atom. The SMILES string of the molecule is C/C(CC(=O)NCc1ccco1)=N/NC(=O)Cc1ccccc1.